The lowest BCUT2D eigenvalue weighted by molar-refractivity contribution is -0.142. The van der Waals surface area contributed by atoms with Gasteiger partial charge < -0.3 is 9.47 Å². The molecule has 2 aromatic rings. The van der Waals surface area contributed by atoms with E-state index in [-0.39, 0.29) is 0 Å². The minimum absolute atomic E-state index is 0.447. The lowest BCUT2D eigenvalue weighted by atomic mass is 10.1. The Labute approximate surface area is 128 Å². The number of nitrogens with one attached hydrogen (secondary N) is 1. The first-order chi connectivity index (χ1) is 9.65. The van der Waals surface area contributed by atoms with E-state index in [4.69, 9.17) is 32.7 Å². The molecule has 0 aliphatic rings. The second kappa shape index (κ2) is 7.09. The van der Waals surface area contributed by atoms with Crippen LogP contribution >= 0.6 is 23.2 Å². The predicted molar refractivity (Wildman–Crippen MR) is 80.0 cm³/mol. The van der Waals surface area contributed by atoms with Gasteiger partial charge in [-0.15, -0.1) is 0 Å². The van der Waals surface area contributed by atoms with Gasteiger partial charge in [0.25, 0.3) is 0 Å². The number of ether oxygens (including phenoxy) is 2. The van der Waals surface area contributed by atoms with Crippen molar-refractivity contribution in [2.24, 2.45) is 0 Å². The van der Waals surface area contributed by atoms with Crippen LogP contribution in [0.3, 0.4) is 0 Å². The summed E-state index contributed by atoms with van der Waals surface area (Å²) in [4.78, 5) is 0. The van der Waals surface area contributed by atoms with E-state index in [1.165, 1.54) is 0 Å². The normalized spacial score (nSPS) is 11.2. The Balaban J connectivity index is 2.27. The smallest absolute Gasteiger partial charge is 0.200 e. The van der Waals surface area contributed by atoms with E-state index in [0.29, 0.717) is 23.3 Å². The van der Waals surface area contributed by atoms with Gasteiger partial charge in [-0.2, -0.15) is 5.10 Å². The fourth-order valence-corrected chi connectivity index (χ4v) is 2.33. The van der Waals surface area contributed by atoms with Gasteiger partial charge in [-0.25, -0.2) is 0 Å². The first-order valence-electron chi connectivity index (χ1n) is 6.39. The molecule has 4 nitrogen and oxygen atoms in total. The zero-order valence-corrected chi connectivity index (χ0v) is 12.8. The molecule has 2 rings (SSSR count). The maximum Gasteiger partial charge on any atom is 0.200 e. The molecule has 0 amide bonds. The highest BCUT2D eigenvalue weighted by Gasteiger charge is 2.16. The van der Waals surface area contributed by atoms with E-state index in [0.717, 1.165) is 17.0 Å². The van der Waals surface area contributed by atoms with Crippen molar-refractivity contribution in [2.45, 2.75) is 20.1 Å². The van der Waals surface area contributed by atoms with Gasteiger partial charge in [0.05, 0.1) is 16.4 Å². The minimum Gasteiger partial charge on any atom is -0.347 e. The Morgan fingerprint density at radius 1 is 1.15 bits per heavy atom. The summed E-state index contributed by atoms with van der Waals surface area (Å²) in [6.45, 7) is 4.94. The molecule has 1 N–H and O–H groups in total. The van der Waals surface area contributed by atoms with Crippen LogP contribution in [0.4, 0.5) is 0 Å². The molecule has 6 heteroatoms. The van der Waals surface area contributed by atoms with E-state index in [1.54, 1.807) is 12.1 Å². The molecule has 0 saturated carbocycles. The van der Waals surface area contributed by atoms with Crippen LogP contribution in [-0.2, 0) is 9.47 Å². The van der Waals surface area contributed by atoms with Crippen molar-refractivity contribution < 1.29 is 9.47 Å². The Hall–Kier alpha value is -1.07. The molecule has 0 spiro atoms. The van der Waals surface area contributed by atoms with Gasteiger partial charge in [-0.05, 0) is 38.1 Å². The average molecular weight is 315 g/mol. The number of rotatable bonds is 6. The molecule has 1 heterocycles. The number of aromatic nitrogens is 2. The van der Waals surface area contributed by atoms with Gasteiger partial charge in [0.2, 0.25) is 0 Å². The number of hydrogen-bond acceptors (Lipinski definition) is 3. The lowest BCUT2D eigenvalue weighted by Gasteiger charge is -2.14. The van der Waals surface area contributed by atoms with Gasteiger partial charge in [0.15, 0.2) is 6.29 Å². The molecule has 1 aromatic carbocycles. The van der Waals surface area contributed by atoms with Gasteiger partial charge in [-0.1, -0.05) is 23.2 Å². The molecular formula is C14H16Cl2N2O2. The Morgan fingerprint density at radius 3 is 2.45 bits per heavy atom. The molecule has 0 atom stereocenters. The molecule has 0 aliphatic heterocycles. The van der Waals surface area contributed by atoms with Crippen molar-refractivity contribution in [3.05, 3.63) is 40.0 Å². The maximum absolute atomic E-state index is 6.17. The van der Waals surface area contributed by atoms with Crippen molar-refractivity contribution in [3.8, 4) is 11.3 Å². The summed E-state index contributed by atoms with van der Waals surface area (Å²) in [5.74, 6) is 0. The second-order valence-electron chi connectivity index (χ2n) is 4.08. The largest absolute Gasteiger partial charge is 0.347 e. The van der Waals surface area contributed by atoms with Gasteiger partial charge >= 0.3 is 0 Å². The molecule has 108 valence electrons. The molecule has 0 bridgehead atoms. The molecule has 20 heavy (non-hydrogen) atoms. The van der Waals surface area contributed by atoms with E-state index in [2.05, 4.69) is 10.2 Å². The van der Waals surface area contributed by atoms with Crippen LogP contribution in [0.25, 0.3) is 11.3 Å². The van der Waals surface area contributed by atoms with Crippen LogP contribution in [0.5, 0.6) is 0 Å². The summed E-state index contributed by atoms with van der Waals surface area (Å²) in [6.07, 6.45) is -0.447. The van der Waals surface area contributed by atoms with Crippen LogP contribution in [0.1, 0.15) is 25.8 Å². The van der Waals surface area contributed by atoms with Gasteiger partial charge in [-0.3, -0.25) is 5.10 Å². The van der Waals surface area contributed by atoms with Crippen LogP contribution < -0.4 is 0 Å². The Bertz CT molecular complexity index is 566. The summed E-state index contributed by atoms with van der Waals surface area (Å²) >= 11 is 12.1. The van der Waals surface area contributed by atoms with Crippen LogP contribution in [0.2, 0.25) is 10.0 Å². The average Bonchev–Trinajstić information content (AvgIpc) is 2.88. The molecular weight excluding hydrogens is 299 g/mol. The standard InChI is InChI=1S/C14H16Cl2N2O2/c1-3-19-14(20-4-2)13-8-12(17-18-13)10-6-5-9(15)7-11(10)16/h5-8,14H,3-4H2,1-2H3,(H,17,18). The maximum atomic E-state index is 6.17. The third-order valence-corrected chi connectivity index (χ3v) is 3.24. The highest BCUT2D eigenvalue weighted by atomic mass is 35.5. The Kier molecular flexibility index (Phi) is 5.43. The quantitative estimate of drug-likeness (QED) is 0.801. The van der Waals surface area contributed by atoms with E-state index >= 15 is 0 Å². The second-order valence-corrected chi connectivity index (χ2v) is 4.92. The van der Waals surface area contributed by atoms with Crippen LogP contribution in [-0.4, -0.2) is 23.4 Å². The number of nitrogens with zero attached hydrogens (tertiary/aromatic N) is 1. The number of benzene rings is 1. The summed E-state index contributed by atoms with van der Waals surface area (Å²) in [7, 11) is 0. The topological polar surface area (TPSA) is 47.1 Å². The molecule has 0 radical (unpaired) electrons. The number of aromatic amines is 1. The third kappa shape index (κ3) is 3.52. The van der Waals surface area contributed by atoms with Crippen molar-refractivity contribution in [1.82, 2.24) is 10.2 Å². The monoisotopic (exact) mass is 314 g/mol. The SMILES string of the molecule is CCOC(OCC)c1cc(-c2ccc(Cl)cc2Cl)n[nH]1. The van der Waals surface area contributed by atoms with E-state index in [1.807, 2.05) is 26.0 Å². The minimum atomic E-state index is -0.447. The summed E-state index contributed by atoms with van der Waals surface area (Å²) in [5.41, 5.74) is 2.30. The molecule has 0 unspecified atom stereocenters. The van der Waals surface area contributed by atoms with E-state index < -0.39 is 6.29 Å². The molecule has 0 fully saturated rings. The number of halogens is 2. The van der Waals surface area contributed by atoms with Crippen LogP contribution in [0.15, 0.2) is 24.3 Å². The van der Waals surface area contributed by atoms with Crippen molar-refractivity contribution in [1.29, 1.82) is 0 Å². The zero-order valence-electron chi connectivity index (χ0n) is 11.3. The third-order valence-electron chi connectivity index (χ3n) is 2.69. The fraction of sp³-hybridized carbons (Fsp3) is 0.357. The predicted octanol–water partition coefficient (Wildman–Crippen LogP) is 4.46. The Morgan fingerprint density at radius 2 is 1.85 bits per heavy atom. The summed E-state index contributed by atoms with van der Waals surface area (Å²) < 4.78 is 11.0. The summed E-state index contributed by atoms with van der Waals surface area (Å²) in [5, 5.41) is 8.32. The lowest BCUT2D eigenvalue weighted by Crippen LogP contribution is -2.09. The zero-order chi connectivity index (χ0) is 14.5. The van der Waals surface area contributed by atoms with E-state index in [9.17, 15) is 0 Å². The first-order valence-corrected chi connectivity index (χ1v) is 7.15. The molecule has 1 aromatic heterocycles. The first kappa shape index (κ1) is 15.3. The van der Waals surface area contributed by atoms with Crippen LogP contribution in [0, 0.1) is 0 Å². The molecule has 0 saturated heterocycles. The fourth-order valence-electron chi connectivity index (χ4n) is 1.82. The molecule has 0 aliphatic carbocycles. The number of hydrogen-bond donors (Lipinski definition) is 1. The van der Waals surface area contributed by atoms with Crippen molar-refractivity contribution in [2.75, 3.05) is 13.2 Å². The van der Waals surface area contributed by atoms with Gasteiger partial charge in [0, 0.05) is 23.8 Å². The summed E-state index contributed by atoms with van der Waals surface area (Å²) in [6, 6.07) is 7.17. The van der Waals surface area contributed by atoms with Crippen molar-refractivity contribution >= 4 is 23.2 Å². The highest BCUT2D eigenvalue weighted by molar-refractivity contribution is 6.36. The van der Waals surface area contributed by atoms with Gasteiger partial charge in [0.1, 0.15) is 0 Å². The highest BCUT2D eigenvalue weighted by Crippen LogP contribution is 2.30. The van der Waals surface area contributed by atoms with Crippen molar-refractivity contribution in [3.63, 3.8) is 0 Å². The number of H-pyrrole nitrogens is 1.